The maximum Gasteiger partial charge on any atom is 0.287 e. The van der Waals surface area contributed by atoms with Crippen LogP contribution in [-0.2, 0) is 24.0 Å². The van der Waals surface area contributed by atoms with Crippen molar-refractivity contribution in [3.63, 3.8) is 0 Å². The number of Topliss-reactive ketones (excluding diaryl/α,β-unsaturated/α-hetero) is 1. The second-order valence-electron chi connectivity index (χ2n) is 10.1. The van der Waals surface area contributed by atoms with E-state index in [0.29, 0.717) is 13.0 Å². The lowest BCUT2D eigenvalue weighted by Gasteiger charge is -2.33. The number of primary amides is 1. The van der Waals surface area contributed by atoms with E-state index in [1.807, 2.05) is 34.6 Å². The molecule has 9 heteroatoms. The average Bonchev–Trinajstić information content (AvgIpc) is 3.48. The lowest BCUT2D eigenvalue weighted by molar-refractivity contribution is -0.144. The molecule has 0 aromatic carbocycles. The van der Waals surface area contributed by atoms with E-state index in [9.17, 15) is 24.0 Å². The summed E-state index contributed by atoms with van der Waals surface area (Å²) >= 11 is 0. The third kappa shape index (κ3) is 6.42. The van der Waals surface area contributed by atoms with Crippen LogP contribution in [0.1, 0.15) is 53.9 Å². The van der Waals surface area contributed by atoms with Gasteiger partial charge < -0.3 is 21.3 Å². The highest BCUT2D eigenvalue weighted by molar-refractivity contribution is 6.37. The molecule has 4 N–H and O–H groups in total. The van der Waals surface area contributed by atoms with Gasteiger partial charge in [-0.3, -0.25) is 24.0 Å². The second-order valence-corrected chi connectivity index (χ2v) is 10.1. The maximum absolute atomic E-state index is 13.5. The molecule has 0 spiro atoms. The molecule has 33 heavy (non-hydrogen) atoms. The second kappa shape index (κ2) is 10.9. The monoisotopic (exact) mass is 462 g/mol. The van der Waals surface area contributed by atoms with Crippen LogP contribution in [0.5, 0.6) is 0 Å². The lowest BCUT2D eigenvalue weighted by Crippen LogP contribution is -2.58. The third-order valence-electron chi connectivity index (χ3n) is 6.72. The Hall–Kier alpha value is -2.71. The maximum atomic E-state index is 13.5. The van der Waals surface area contributed by atoms with Crippen LogP contribution in [0.15, 0.2) is 12.7 Å². The van der Waals surface area contributed by atoms with Crippen molar-refractivity contribution >= 4 is 29.4 Å². The van der Waals surface area contributed by atoms with Crippen molar-refractivity contribution in [1.82, 2.24) is 15.5 Å². The number of amides is 4. The normalized spacial score (nSPS) is 24.3. The highest BCUT2D eigenvalue weighted by atomic mass is 16.2. The van der Waals surface area contributed by atoms with E-state index in [0.717, 1.165) is 18.9 Å². The number of nitrogens with one attached hydrogen (secondary N) is 2. The third-order valence-corrected chi connectivity index (χ3v) is 6.72. The lowest BCUT2D eigenvalue weighted by atomic mass is 9.82. The summed E-state index contributed by atoms with van der Waals surface area (Å²) in [7, 11) is 0. The molecule has 2 rings (SSSR count). The zero-order valence-corrected chi connectivity index (χ0v) is 20.3. The van der Waals surface area contributed by atoms with Crippen LogP contribution in [0, 0.1) is 29.6 Å². The molecule has 0 aromatic rings. The van der Waals surface area contributed by atoms with Crippen molar-refractivity contribution in [1.29, 1.82) is 0 Å². The fourth-order valence-corrected chi connectivity index (χ4v) is 4.88. The Balaban J connectivity index is 2.34. The zero-order valence-electron chi connectivity index (χ0n) is 20.3. The minimum Gasteiger partial charge on any atom is -0.363 e. The van der Waals surface area contributed by atoms with E-state index < -0.39 is 41.6 Å². The van der Waals surface area contributed by atoms with Gasteiger partial charge in [0.1, 0.15) is 12.1 Å². The van der Waals surface area contributed by atoms with E-state index in [4.69, 9.17) is 5.73 Å². The summed E-state index contributed by atoms with van der Waals surface area (Å²) in [5.74, 6) is -3.16. The number of nitrogens with zero attached hydrogens (tertiary/aromatic N) is 1. The first-order chi connectivity index (χ1) is 15.4. The molecule has 9 nitrogen and oxygen atoms in total. The van der Waals surface area contributed by atoms with Gasteiger partial charge in [0.05, 0.1) is 6.04 Å². The standard InChI is InChI=1S/C24H38N4O5/c1-7-17(29)27-19(13(4)5)24(33)28-11-14(6)18(12(2)3)20(28)23(32)26-16(10-15-8-9-15)21(30)22(25)31/h7,12-16,18-20H,1,8-11H2,2-6H3,(H2,25,31)(H,26,32)(H,27,29)/t14-,16?,18-,19-,20-/m0/s1. The molecule has 184 valence electrons. The van der Waals surface area contributed by atoms with Gasteiger partial charge in [-0.25, -0.2) is 0 Å². The Bertz CT molecular complexity index is 805. The molecule has 1 saturated heterocycles. The van der Waals surface area contributed by atoms with Gasteiger partial charge in [0.25, 0.3) is 5.91 Å². The number of hydrogen-bond donors (Lipinski definition) is 3. The van der Waals surface area contributed by atoms with Gasteiger partial charge in [0.2, 0.25) is 23.5 Å². The molecule has 1 unspecified atom stereocenters. The smallest absolute Gasteiger partial charge is 0.287 e. The number of rotatable bonds is 11. The highest BCUT2D eigenvalue weighted by Crippen LogP contribution is 2.37. The first-order valence-electron chi connectivity index (χ1n) is 11.8. The van der Waals surface area contributed by atoms with E-state index in [1.54, 1.807) is 0 Å². The van der Waals surface area contributed by atoms with E-state index in [-0.39, 0.29) is 35.5 Å². The van der Waals surface area contributed by atoms with Crippen molar-refractivity contribution in [2.45, 2.75) is 72.0 Å². The largest absolute Gasteiger partial charge is 0.363 e. The number of ketones is 1. The molecule has 1 aliphatic heterocycles. The summed E-state index contributed by atoms with van der Waals surface area (Å²) in [6.07, 6.45) is 3.35. The minimum absolute atomic E-state index is 0.0290. The molecular formula is C24H38N4O5. The summed E-state index contributed by atoms with van der Waals surface area (Å²) in [6.45, 7) is 13.4. The number of carbonyl (C=O) groups excluding carboxylic acids is 5. The molecule has 1 saturated carbocycles. The summed E-state index contributed by atoms with van der Waals surface area (Å²) in [5.41, 5.74) is 5.22. The molecule has 1 aliphatic carbocycles. The Morgan fingerprint density at radius 2 is 1.70 bits per heavy atom. The van der Waals surface area contributed by atoms with Crippen LogP contribution >= 0.6 is 0 Å². The van der Waals surface area contributed by atoms with Crippen LogP contribution in [0.3, 0.4) is 0 Å². The zero-order chi connectivity index (χ0) is 25.0. The highest BCUT2D eigenvalue weighted by Gasteiger charge is 2.49. The van der Waals surface area contributed by atoms with Gasteiger partial charge in [0.15, 0.2) is 0 Å². The van der Waals surface area contributed by atoms with Crippen LogP contribution in [0.25, 0.3) is 0 Å². The van der Waals surface area contributed by atoms with Crippen LogP contribution in [-0.4, -0.2) is 59.0 Å². The molecule has 0 aromatic heterocycles. The van der Waals surface area contributed by atoms with Crippen LogP contribution < -0.4 is 16.4 Å². The molecule has 1 heterocycles. The number of hydrogen-bond acceptors (Lipinski definition) is 5. The first kappa shape index (κ1) is 26.5. The Kier molecular flexibility index (Phi) is 8.80. The number of nitrogens with two attached hydrogens (primary N) is 1. The molecule has 4 amide bonds. The summed E-state index contributed by atoms with van der Waals surface area (Å²) in [4.78, 5) is 64.4. The Morgan fingerprint density at radius 3 is 2.15 bits per heavy atom. The van der Waals surface area contributed by atoms with Gasteiger partial charge in [0, 0.05) is 6.54 Å². The predicted molar refractivity (Wildman–Crippen MR) is 123 cm³/mol. The van der Waals surface area contributed by atoms with Crippen LogP contribution in [0.2, 0.25) is 0 Å². The molecular weight excluding hydrogens is 424 g/mol. The fourth-order valence-electron chi connectivity index (χ4n) is 4.88. The Labute approximate surface area is 195 Å². The molecule has 5 atom stereocenters. The van der Waals surface area contributed by atoms with Crippen molar-refractivity contribution in [3.05, 3.63) is 12.7 Å². The Morgan fingerprint density at radius 1 is 1.09 bits per heavy atom. The van der Waals surface area contributed by atoms with E-state index in [1.165, 1.54) is 4.90 Å². The average molecular weight is 463 g/mol. The molecule has 0 bridgehead atoms. The van der Waals surface area contributed by atoms with Crippen molar-refractivity contribution < 1.29 is 24.0 Å². The summed E-state index contributed by atoms with van der Waals surface area (Å²) < 4.78 is 0. The minimum atomic E-state index is -1.08. The SMILES string of the molecule is C=CC(=O)N[C@H](C(=O)N1C[C@H](C)[C@H](C(C)C)[C@H]1C(=O)NC(CC1CC1)C(=O)C(N)=O)C(C)C. The topological polar surface area (TPSA) is 139 Å². The van der Waals surface area contributed by atoms with Gasteiger partial charge >= 0.3 is 0 Å². The van der Waals surface area contributed by atoms with E-state index in [2.05, 4.69) is 17.2 Å². The molecule has 0 radical (unpaired) electrons. The van der Waals surface area contributed by atoms with E-state index >= 15 is 0 Å². The quantitative estimate of drug-likeness (QED) is 0.307. The van der Waals surface area contributed by atoms with Gasteiger partial charge in [-0.05, 0) is 42.1 Å². The van der Waals surface area contributed by atoms with Gasteiger partial charge in [-0.2, -0.15) is 0 Å². The van der Waals surface area contributed by atoms with Crippen LogP contribution in [0.4, 0.5) is 0 Å². The molecule has 2 aliphatic rings. The van der Waals surface area contributed by atoms with Gasteiger partial charge in [-0.15, -0.1) is 0 Å². The summed E-state index contributed by atoms with van der Waals surface area (Å²) in [5, 5.41) is 5.41. The van der Waals surface area contributed by atoms with Crippen molar-refractivity contribution in [2.75, 3.05) is 6.54 Å². The molecule has 2 fully saturated rings. The van der Waals surface area contributed by atoms with Crippen molar-refractivity contribution in [2.24, 2.45) is 35.3 Å². The number of likely N-dealkylation sites (tertiary alicyclic amines) is 1. The predicted octanol–water partition coefficient (Wildman–Crippen LogP) is 0.772. The van der Waals surface area contributed by atoms with Crippen molar-refractivity contribution in [3.8, 4) is 0 Å². The summed E-state index contributed by atoms with van der Waals surface area (Å²) in [6, 6.07) is -2.64. The first-order valence-corrected chi connectivity index (χ1v) is 11.8. The van der Waals surface area contributed by atoms with Gasteiger partial charge in [-0.1, -0.05) is 54.0 Å². The number of carbonyl (C=O) groups is 5. The fraction of sp³-hybridized carbons (Fsp3) is 0.708.